The van der Waals surface area contributed by atoms with Crippen LogP contribution < -0.4 is 0 Å². The van der Waals surface area contributed by atoms with E-state index < -0.39 is 16.1 Å². The molecule has 0 saturated heterocycles. The zero-order valence-electron chi connectivity index (χ0n) is 8.79. The van der Waals surface area contributed by atoms with Gasteiger partial charge in [0.05, 0.1) is 7.11 Å². The number of Topliss-reactive ketones (excluding diaryl/α,β-unsaturated/α-hetero) is 1. The van der Waals surface area contributed by atoms with E-state index >= 15 is 0 Å². The number of esters is 1. The van der Waals surface area contributed by atoms with Crippen molar-refractivity contribution in [3.8, 4) is 0 Å². The zero-order chi connectivity index (χ0) is 12.3. The van der Waals surface area contributed by atoms with Gasteiger partial charge in [-0.05, 0) is 6.92 Å². The number of rotatable bonds is 3. The van der Waals surface area contributed by atoms with Gasteiger partial charge in [0.2, 0.25) is 5.78 Å². The Balaban J connectivity index is 3.02. The second kappa shape index (κ2) is 4.85. The Morgan fingerprint density at radius 3 is 2.12 bits per heavy atom. The number of carbonyl (C=O) groups is 2. The summed E-state index contributed by atoms with van der Waals surface area (Å²) in [6, 6.07) is 6.57. The van der Waals surface area contributed by atoms with Crippen LogP contribution in [0.4, 0.5) is 0 Å². The van der Waals surface area contributed by atoms with E-state index in [1.807, 2.05) is 6.92 Å². The van der Waals surface area contributed by atoms with Gasteiger partial charge in [-0.15, -0.1) is 0 Å². The average Bonchev–Trinajstić information content (AvgIpc) is 2.28. The molecule has 5 heteroatoms. The van der Waals surface area contributed by atoms with Crippen molar-refractivity contribution >= 4 is 35.0 Å². The monoisotopic (exact) mass is 260 g/mol. The Morgan fingerprint density at radius 1 is 1.19 bits per heavy atom. The molecule has 16 heavy (non-hydrogen) atoms. The summed E-state index contributed by atoms with van der Waals surface area (Å²) in [4.78, 5) is 23.0. The highest BCUT2D eigenvalue weighted by Gasteiger charge is 2.43. The summed E-state index contributed by atoms with van der Waals surface area (Å²) in [6.45, 7) is 1.88. The molecule has 3 nitrogen and oxygen atoms in total. The normalized spacial score (nSPS) is 11.0. The van der Waals surface area contributed by atoms with E-state index in [2.05, 4.69) is 4.74 Å². The molecular formula is C11H10Cl2O3. The summed E-state index contributed by atoms with van der Waals surface area (Å²) in [6.07, 6.45) is 0. The fraction of sp³-hybridized carbons (Fsp3) is 0.273. The van der Waals surface area contributed by atoms with Crippen LogP contribution in [0.15, 0.2) is 24.3 Å². The third-order valence-corrected chi connectivity index (χ3v) is 2.69. The molecule has 0 aliphatic heterocycles. The van der Waals surface area contributed by atoms with Gasteiger partial charge in [-0.3, -0.25) is 4.79 Å². The Bertz CT molecular complexity index is 410. The number of halogens is 2. The van der Waals surface area contributed by atoms with Crippen molar-refractivity contribution in [3.05, 3.63) is 35.4 Å². The highest BCUT2D eigenvalue weighted by Crippen LogP contribution is 2.27. The summed E-state index contributed by atoms with van der Waals surface area (Å²) in [5, 5.41) is 0. The predicted octanol–water partition coefficient (Wildman–Crippen LogP) is 2.52. The van der Waals surface area contributed by atoms with Crippen molar-refractivity contribution in [2.24, 2.45) is 0 Å². The largest absolute Gasteiger partial charge is 0.466 e. The fourth-order valence-electron chi connectivity index (χ4n) is 1.11. The molecule has 86 valence electrons. The molecule has 0 spiro atoms. The first-order chi connectivity index (χ1) is 7.39. The first-order valence-corrected chi connectivity index (χ1v) is 5.23. The lowest BCUT2D eigenvalue weighted by Gasteiger charge is -2.15. The number of ketones is 1. The van der Waals surface area contributed by atoms with Crippen molar-refractivity contribution in [2.45, 2.75) is 11.3 Å². The summed E-state index contributed by atoms with van der Waals surface area (Å²) in [5.74, 6) is -1.68. The minimum Gasteiger partial charge on any atom is -0.466 e. The smallest absolute Gasteiger partial charge is 0.350 e. The SMILES string of the molecule is COC(=O)C(Cl)(Cl)C(=O)c1ccc(C)cc1. The van der Waals surface area contributed by atoms with Gasteiger partial charge < -0.3 is 4.74 Å². The van der Waals surface area contributed by atoms with Crippen LogP contribution in [0, 0.1) is 6.92 Å². The highest BCUT2D eigenvalue weighted by atomic mass is 35.5. The van der Waals surface area contributed by atoms with Crippen LogP contribution >= 0.6 is 23.2 Å². The summed E-state index contributed by atoms with van der Waals surface area (Å²) >= 11 is 11.3. The van der Waals surface area contributed by atoms with Crippen LogP contribution in [0.2, 0.25) is 0 Å². The molecule has 1 aromatic rings. The first kappa shape index (κ1) is 13.0. The molecule has 0 radical (unpaired) electrons. The molecule has 0 unspecified atom stereocenters. The van der Waals surface area contributed by atoms with Crippen LogP contribution in [0.25, 0.3) is 0 Å². The van der Waals surface area contributed by atoms with Crippen molar-refractivity contribution in [2.75, 3.05) is 7.11 Å². The maximum absolute atomic E-state index is 11.8. The van der Waals surface area contributed by atoms with Gasteiger partial charge in [-0.2, -0.15) is 0 Å². The number of hydrogen-bond donors (Lipinski definition) is 0. The third kappa shape index (κ3) is 2.54. The van der Waals surface area contributed by atoms with Gasteiger partial charge >= 0.3 is 5.97 Å². The number of benzene rings is 1. The maximum Gasteiger partial charge on any atom is 0.350 e. The Labute approximate surface area is 103 Å². The van der Waals surface area contributed by atoms with Crippen LogP contribution in [-0.4, -0.2) is 23.2 Å². The zero-order valence-corrected chi connectivity index (χ0v) is 10.3. The van der Waals surface area contributed by atoms with E-state index in [1.165, 1.54) is 0 Å². The van der Waals surface area contributed by atoms with E-state index in [4.69, 9.17) is 23.2 Å². The minimum absolute atomic E-state index is 0.265. The lowest BCUT2D eigenvalue weighted by atomic mass is 10.1. The molecule has 0 amide bonds. The summed E-state index contributed by atoms with van der Waals surface area (Å²) < 4.78 is 2.17. The second-order valence-electron chi connectivity index (χ2n) is 3.26. The van der Waals surface area contributed by atoms with E-state index in [0.717, 1.165) is 12.7 Å². The Morgan fingerprint density at radius 2 is 1.69 bits per heavy atom. The topological polar surface area (TPSA) is 43.4 Å². The van der Waals surface area contributed by atoms with E-state index in [-0.39, 0.29) is 5.56 Å². The van der Waals surface area contributed by atoms with E-state index in [1.54, 1.807) is 24.3 Å². The molecule has 1 aromatic carbocycles. The molecule has 0 N–H and O–H groups in total. The van der Waals surface area contributed by atoms with Crippen molar-refractivity contribution in [1.29, 1.82) is 0 Å². The van der Waals surface area contributed by atoms with Crippen molar-refractivity contribution < 1.29 is 14.3 Å². The standard InChI is InChI=1S/C11H10Cl2O3/c1-7-3-5-8(6-4-7)9(14)11(12,13)10(15)16-2/h3-6H,1-2H3. The first-order valence-electron chi connectivity index (χ1n) is 4.47. The quantitative estimate of drug-likeness (QED) is 0.363. The van der Waals surface area contributed by atoms with E-state index in [0.29, 0.717) is 0 Å². The maximum atomic E-state index is 11.8. The molecule has 1 rings (SSSR count). The third-order valence-electron chi connectivity index (χ3n) is 2.04. The number of carbonyl (C=O) groups excluding carboxylic acids is 2. The van der Waals surface area contributed by atoms with Crippen LogP contribution in [0.1, 0.15) is 15.9 Å². The van der Waals surface area contributed by atoms with Gasteiger partial charge in [0.15, 0.2) is 0 Å². The van der Waals surface area contributed by atoms with Gasteiger partial charge in [-0.25, -0.2) is 4.79 Å². The molecule has 0 aliphatic carbocycles. The molecule has 0 saturated carbocycles. The minimum atomic E-state index is -2.19. The van der Waals surface area contributed by atoms with Crippen LogP contribution in [-0.2, 0) is 9.53 Å². The second-order valence-corrected chi connectivity index (χ2v) is 4.59. The van der Waals surface area contributed by atoms with E-state index in [9.17, 15) is 9.59 Å². The van der Waals surface area contributed by atoms with Gasteiger partial charge in [-0.1, -0.05) is 53.0 Å². The van der Waals surface area contributed by atoms with Crippen LogP contribution in [0.3, 0.4) is 0 Å². The number of hydrogen-bond acceptors (Lipinski definition) is 3. The number of aryl methyl sites for hydroxylation is 1. The molecule has 0 aromatic heterocycles. The van der Waals surface area contributed by atoms with Crippen molar-refractivity contribution in [3.63, 3.8) is 0 Å². The summed E-state index contributed by atoms with van der Waals surface area (Å²) in [7, 11) is 1.12. The molecule has 0 atom stereocenters. The molecule has 0 fully saturated rings. The predicted molar refractivity (Wildman–Crippen MR) is 62.0 cm³/mol. The number of methoxy groups -OCH3 is 1. The fourth-order valence-corrected chi connectivity index (χ4v) is 1.48. The van der Waals surface area contributed by atoms with Crippen LogP contribution in [0.5, 0.6) is 0 Å². The lowest BCUT2D eigenvalue weighted by Crippen LogP contribution is -2.36. The molecule has 0 heterocycles. The van der Waals surface area contributed by atoms with Gasteiger partial charge in [0.25, 0.3) is 4.33 Å². The summed E-state index contributed by atoms with van der Waals surface area (Å²) in [5.41, 5.74) is 1.25. The Kier molecular flexibility index (Phi) is 3.94. The van der Waals surface area contributed by atoms with Gasteiger partial charge in [0, 0.05) is 5.56 Å². The Hall–Kier alpha value is -1.06. The van der Waals surface area contributed by atoms with Gasteiger partial charge in [0.1, 0.15) is 0 Å². The van der Waals surface area contributed by atoms with Crippen molar-refractivity contribution in [1.82, 2.24) is 0 Å². The lowest BCUT2D eigenvalue weighted by molar-refractivity contribution is -0.140. The number of alkyl halides is 2. The number of ether oxygens (including phenoxy) is 1. The molecular weight excluding hydrogens is 251 g/mol. The molecule has 0 bridgehead atoms. The molecule has 0 aliphatic rings. The average molecular weight is 261 g/mol. The highest BCUT2D eigenvalue weighted by molar-refractivity contribution is 6.68.